The largest absolute Gasteiger partial charge is 0.474 e. The number of halogens is 1. The monoisotopic (exact) mass is 444 g/mol. The van der Waals surface area contributed by atoms with Crippen molar-refractivity contribution in [3.63, 3.8) is 0 Å². The van der Waals surface area contributed by atoms with Crippen LogP contribution in [0.2, 0.25) is 0 Å². The number of amides is 2. The molecule has 2 aliphatic heterocycles. The van der Waals surface area contributed by atoms with Crippen molar-refractivity contribution < 1.29 is 14.3 Å². The van der Waals surface area contributed by atoms with E-state index in [0.29, 0.717) is 25.5 Å². The predicted octanol–water partition coefficient (Wildman–Crippen LogP) is 2.66. The third-order valence-corrected chi connectivity index (χ3v) is 5.68. The number of benzene rings is 1. The first-order chi connectivity index (χ1) is 13.6. The topological polar surface area (TPSA) is 75.6 Å². The second-order valence-corrected chi connectivity index (χ2v) is 7.99. The van der Waals surface area contributed by atoms with Crippen molar-refractivity contribution >= 4 is 33.4 Å². The summed E-state index contributed by atoms with van der Waals surface area (Å²) in [5.74, 6) is 0.335. The van der Waals surface area contributed by atoms with Gasteiger partial charge in [0.1, 0.15) is 12.4 Å². The van der Waals surface area contributed by atoms with Gasteiger partial charge >= 0.3 is 0 Å². The third-order valence-electron chi connectivity index (χ3n) is 5.19. The van der Waals surface area contributed by atoms with E-state index < -0.39 is 0 Å². The average Bonchev–Trinajstić information content (AvgIpc) is 3.10. The van der Waals surface area contributed by atoms with Crippen LogP contribution in [0.3, 0.4) is 0 Å². The Hall–Kier alpha value is -2.48. The number of piperidine rings is 1. The number of rotatable bonds is 4. The Balaban J connectivity index is 1.32. The molecule has 2 amide bonds. The number of hydrogen-bond donors (Lipinski definition) is 0. The molecule has 0 bridgehead atoms. The van der Waals surface area contributed by atoms with Crippen molar-refractivity contribution in [3.05, 3.63) is 47.3 Å². The number of ether oxygens (including phenoxy) is 1. The summed E-state index contributed by atoms with van der Waals surface area (Å²) in [7, 11) is 0. The summed E-state index contributed by atoms with van der Waals surface area (Å²) in [6.45, 7) is 1.71. The van der Waals surface area contributed by atoms with E-state index in [1.54, 1.807) is 17.2 Å². The fourth-order valence-corrected chi connectivity index (χ4v) is 4.12. The molecule has 0 N–H and O–H groups in total. The van der Waals surface area contributed by atoms with Crippen LogP contribution in [0, 0.1) is 5.92 Å². The van der Waals surface area contributed by atoms with E-state index in [1.165, 1.54) is 6.33 Å². The molecule has 1 atom stereocenters. The standard InChI is InChI=1S/C20H21BrN4O3/c21-15-2-1-3-16(11-15)25-12-14(10-19(25)26)20(27)24-8-5-17(6-9-24)28-18-4-7-22-13-23-18/h1-4,7,11,13-14,17H,5-6,8-10,12H2. The van der Waals surface area contributed by atoms with Gasteiger partial charge in [-0.1, -0.05) is 22.0 Å². The first-order valence-electron chi connectivity index (χ1n) is 9.37. The van der Waals surface area contributed by atoms with Crippen LogP contribution in [0.4, 0.5) is 5.69 Å². The molecule has 0 saturated carbocycles. The van der Waals surface area contributed by atoms with Crippen molar-refractivity contribution in [1.29, 1.82) is 0 Å². The SMILES string of the molecule is O=C(C1CC(=O)N(c2cccc(Br)c2)C1)N1CCC(Oc2ccncn2)CC1. The maximum atomic E-state index is 12.9. The molecule has 3 heterocycles. The van der Waals surface area contributed by atoms with Gasteiger partial charge in [-0.15, -0.1) is 0 Å². The molecular formula is C20H21BrN4O3. The van der Waals surface area contributed by atoms with Crippen molar-refractivity contribution in [2.45, 2.75) is 25.4 Å². The Kier molecular flexibility index (Phi) is 5.57. The molecule has 0 spiro atoms. The highest BCUT2D eigenvalue weighted by molar-refractivity contribution is 9.10. The van der Waals surface area contributed by atoms with E-state index in [0.717, 1.165) is 23.0 Å². The van der Waals surface area contributed by atoms with Crippen molar-refractivity contribution in [3.8, 4) is 5.88 Å². The molecule has 28 heavy (non-hydrogen) atoms. The lowest BCUT2D eigenvalue weighted by atomic mass is 10.0. The van der Waals surface area contributed by atoms with Crippen LogP contribution in [0.5, 0.6) is 5.88 Å². The minimum atomic E-state index is -0.286. The van der Waals surface area contributed by atoms with E-state index in [9.17, 15) is 9.59 Å². The molecule has 2 aromatic rings. The molecular weight excluding hydrogens is 424 g/mol. The number of hydrogen-bond acceptors (Lipinski definition) is 5. The van der Waals surface area contributed by atoms with Crippen LogP contribution in [0.25, 0.3) is 0 Å². The number of likely N-dealkylation sites (tertiary alicyclic amines) is 1. The number of carbonyl (C=O) groups excluding carboxylic acids is 2. The number of carbonyl (C=O) groups is 2. The summed E-state index contributed by atoms with van der Waals surface area (Å²) in [4.78, 5) is 36.9. The van der Waals surface area contributed by atoms with Gasteiger partial charge in [-0.3, -0.25) is 9.59 Å². The fourth-order valence-electron chi connectivity index (χ4n) is 3.74. The zero-order valence-electron chi connectivity index (χ0n) is 15.3. The zero-order chi connectivity index (χ0) is 19.5. The molecule has 146 valence electrons. The lowest BCUT2D eigenvalue weighted by molar-refractivity contribution is -0.137. The number of nitrogens with zero attached hydrogens (tertiary/aromatic N) is 4. The maximum Gasteiger partial charge on any atom is 0.228 e. The smallest absolute Gasteiger partial charge is 0.228 e. The quantitative estimate of drug-likeness (QED) is 0.724. The highest BCUT2D eigenvalue weighted by Crippen LogP contribution is 2.29. The van der Waals surface area contributed by atoms with Crippen molar-refractivity contribution in [2.24, 2.45) is 5.92 Å². The van der Waals surface area contributed by atoms with Gasteiger partial charge in [-0.05, 0) is 18.2 Å². The van der Waals surface area contributed by atoms with Gasteiger partial charge in [0.05, 0.1) is 5.92 Å². The highest BCUT2D eigenvalue weighted by Gasteiger charge is 2.38. The Morgan fingerprint density at radius 2 is 2.04 bits per heavy atom. The zero-order valence-corrected chi connectivity index (χ0v) is 16.9. The minimum Gasteiger partial charge on any atom is -0.474 e. The van der Waals surface area contributed by atoms with E-state index in [1.807, 2.05) is 29.2 Å². The van der Waals surface area contributed by atoms with Gasteiger partial charge in [-0.25, -0.2) is 9.97 Å². The Labute approximate surface area is 171 Å². The number of anilines is 1. The molecule has 2 fully saturated rings. The summed E-state index contributed by atoms with van der Waals surface area (Å²) >= 11 is 3.43. The van der Waals surface area contributed by atoms with Gasteiger partial charge in [-0.2, -0.15) is 0 Å². The van der Waals surface area contributed by atoms with Crippen LogP contribution >= 0.6 is 15.9 Å². The second kappa shape index (κ2) is 8.26. The van der Waals surface area contributed by atoms with Gasteiger partial charge in [0.15, 0.2) is 0 Å². The Bertz CT molecular complexity index is 856. The lowest BCUT2D eigenvalue weighted by Gasteiger charge is -2.33. The van der Waals surface area contributed by atoms with Gasteiger partial charge in [0.25, 0.3) is 0 Å². The first kappa shape index (κ1) is 18.9. The van der Waals surface area contributed by atoms with Gasteiger partial charge in [0, 0.05) is 61.3 Å². The van der Waals surface area contributed by atoms with E-state index in [-0.39, 0.29) is 30.3 Å². The van der Waals surface area contributed by atoms with Gasteiger partial charge < -0.3 is 14.5 Å². The minimum absolute atomic E-state index is 0.00145. The average molecular weight is 445 g/mol. The van der Waals surface area contributed by atoms with Gasteiger partial charge in [0.2, 0.25) is 17.7 Å². The third kappa shape index (κ3) is 4.16. The molecule has 0 aliphatic carbocycles. The van der Waals surface area contributed by atoms with E-state index >= 15 is 0 Å². The van der Waals surface area contributed by atoms with Crippen LogP contribution in [-0.4, -0.2) is 52.4 Å². The Morgan fingerprint density at radius 3 is 2.75 bits per heavy atom. The molecule has 8 heteroatoms. The molecule has 2 saturated heterocycles. The summed E-state index contributed by atoms with van der Waals surface area (Å²) < 4.78 is 6.77. The lowest BCUT2D eigenvalue weighted by Crippen LogP contribution is -2.45. The molecule has 0 radical (unpaired) electrons. The van der Waals surface area contributed by atoms with E-state index in [2.05, 4.69) is 25.9 Å². The molecule has 1 aromatic heterocycles. The summed E-state index contributed by atoms with van der Waals surface area (Å²) in [5, 5.41) is 0. The van der Waals surface area contributed by atoms with Crippen LogP contribution < -0.4 is 9.64 Å². The second-order valence-electron chi connectivity index (χ2n) is 7.08. The number of aromatic nitrogens is 2. The molecule has 2 aliphatic rings. The summed E-state index contributed by atoms with van der Waals surface area (Å²) in [6.07, 6.45) is 4.93. The first-order valence-corrected chi connectivity index (χ1v) is 10.2. The normalized spacial score (nSPS) is 20.5. The predicted molar refractivity (Wildman–Crippen MR) is 107 cm³/mol. The summed E-state index contributed by atoms with van der Waals surface area (Å²) in [6, 6.07) is 9.34. The van der Waals surface area contributed by atoms with E-state index in [4.69, 9.17) is 4.74 Å². The van der Waals surface area contributed by atoms with Crippen molar-refractivity contribution in [2.75, 3.05) is 24.5 Å². The molecule has 7 nitrogen and oxygen atoms in total. The molecule has 1 unspecified atom stereocenters. The Morgan fingerprint density at radius 1 is 1.21 bits per heavy atom. The van der Waals surface area contributed by atoms with Crippen molar-refractivity contribution in [1.82, 2.24) is 14.9 Å². The van der Waals surface area contributed by atoms with Crippen LogP contribution in [0.1, 0.15) is 19.3 Å². The highest BCUT2D eigenvalue weighted by atomic mass is 79.9. The molecule has 4 rings (SSSR count). The van der Waals surface area contributed by atoms with Crippen LogP contribution in [-0.2, 0) is 9.59 Å². The molecule has 1 aromatic carbocycles. The van der Waals surface area contributed by atoms with Crippen LogP contribution in [0.15, 0.2) is 47.3 Å². The maximum absolute atomic E-state index is 12.9. The summed E-state index contributed by atoms with van der Waals surface area (Å²) in [5.41, 5.74) is 0.826. The fraction of sp³-hybridized carbons (Fsp3) is 0.400.